The molecule has 0 fully saturated rings. The Kier molecular flexibility index (Phi) is 16.6. The predicted molar refractivity (Wildman–Crippen MR) is 237 cm³/mol. The Morgan fingerprint density at radius 3 is 0.790 bits per heavy atom. The van der Waals surface area contributed by atoms with Crippen molar-refractivity contribution in [1.29, 1.82) is 0 Å². The van der Waals surface area contributed by atoms with E-state index in [1.807, 2.05) is 0 Å². The Labute approximate surface area is 374 Å². The first kappa shape index (κ1) is 54.9. The normalized spacial score (nSPS) is 13.1. The first-order chi connectivity index (χ1) is 27.4. The molecule has 18 nitrogen and oxygen atoms in total. The second kappa shape index (κ2) is 18.7. The van der Waals surface area contributed by atoms with Crippen LogP contribution in [0.3, 0.4) is 0 Å². The third-order valence-electron chi connectivity index (χ3n) is 9.40. The van der Waals surface area contributed by atoms with Crippen LogP contribution in [0.2, 0.25) is 0 Å². The van der Waals surface area contributed by atoms with Gasteiger partial charge in [-0.2, -0.15) is 0 Å². The van der Waals surface area contributed by atoms with Crippen molar-refractivity contribution in [3.63, 3.8) is 0 Å². The third kappa shape index (κ3) is 15.4. The number of rotatable bonds is 17. The van der Waals surface area contributed by atoms with Gasteiger partial charge in [0.25, 0.3) is 5.91 Å². The second-order valence-corrected chi connectivity index (χ2v) is 21.6. The fraction of sp³-hybridized carbons (Fsp3) is 0.651. The summed E-state index contributed by atoms with van der Waals surface area (Å²) >= 11 is 3.31. The van der Waals surface area contributed by atoms with E-state index in [9.17, 15) is 43.2 Å². The van der Waals surface area contributed by atoms with Gasteiger partial charge < -0.3 is 47.3 Å². The molecule has 1 aromatic rings. The van der Waals surface area contributed by atoms with Gasteiger partial charge >= 0.3 is 5.97 Å². The summed E-state index contributed by atoms with van der Waals surface area (Å²) in [7, 11) is 0. The highest BCUT2D eigenvalue weighted by Gasteiger charge is 2.46. The number of ether oxygens (including phenoxy) is 1. The first-order valence-electron chi connectivity index (χ1n) is 20.0. The summed E-state index contributed by atoms with van der Waals surface area (Å²) in [6, 6.07) is 6.53. The maximum Gasteiger partial charge on any atom is 0.331 e. The molecule has 0 aromatic heterocycles. The van der Waals surface area contributed by atoms with Crippen molar-refractivity contribution in [2.45, 2.75) is 181 Å². The minimum atomic E-state index is -1.66. The molecule has 0 saturated heterocycles. The minimum absolute atomic E-state index is 0.319. The van der Waals surface area contributed by atoms with Gasteiger partial charge in [-0.25, -0.2) is 4.79 Å². The first-order valence-corrected chi connectivity index (χ1v) is 20.8. The molecule has 0 heterocycles. The third-order valence-corrected chi connectivity index (χ3v) is 9.93. The summed E-state index contributed by atoms with van der Waals surface area (Å²) in [6.45, 7) is 27.8. The van der Waals surface area contributed by atoms with Gasteiger partial charge in [-0.15, -0.1) is 0 Å². The molecule has 19 heteroatoms. The lowest BCUT2D eigenvalue weighted by Crippen LogP contribution is -2.69. The second-order valence-electron chi connectivity index (χ2n) is 20.6. The molecule has 62 heavy (non-hydrogen) atoms. The molecule has 0 unspecified atom stereocenters. The van der Waals surface area contributed by atoms with E-state index in [1.54, 1.807) is 45.0 Å². The zero-order valence-corrected chi connectivity index (χ0v) is 41.4. The zero-order valence-electron chi connectivity index (χ0n) is 39.8. The lowest BCUT2D eigenvalue weighted by molar-refractivity contribution is -0.163. The summed E-state index contributed by atoms with van der Waals surface area (Å²) in [5.74, 6) is -6.42. The number of carbonyl (C=O) groups excluding carboxylic acids is 9. The maximum absolute atomic E-state index is 13.6. The molecule has 1 rings (SSSR count). The highest BCUT2D eigenvalue weighted by molar-refractivity contribution is 9.10. The van der Waals surface area contributed by atoms with Crippen LogP contribution in [0.4, 0.5) is 0 Å². The summed E-state index contributed by atoms with van der Waals surface area (Å²) in [4.78, 5) is 120. The molecule has 0 radical (unpaired) electrons. The van der Waals surface area contributed by atoms with Crippen molar-refractivity contribution < 1.29 is 47.9 Å². The summed E-state index contributed by atoms with van der Waals surface area (Å²) in [5.41, 5.74) is -13.1. The maximum atomic E-state index is 13.6. The Hall–Kier alpha value is -5.07. The van der Waals surface area contributed by atoms with Crippen molar-refractivity contribution in [2.24, 2.45) is 0 Å². The molecule has 0 atom stereocenters. The lowest BCUT2D eigenvalue weighted by atomic mass is 9.93. The van der Waals surface area contributed by atoms with Crippen LogP contribution in [0.5, 0.6) is 0 Å². The van der Waals surface area contributed by atoms with Crippen LogP contribution in [0.15, 0.2) is 28.7 Å². The smallest absolute Gasteiger partial charge is 0.331 e. The number of carbonyl (C=O) groups is 9. The Morgan fingerprint density at radius 1 is 0.355 bits per heavy atom. The standard InChI is InChI=1S/C43H69BrN8O10/c1-35(2,3)62-34(61)43(18,19)52-33(60)42(16,17)51-32(59)41(14,15)50-31(58)40(12,13)49-30(57)39(10,11)48-29(56)38(8,9)47-28(55)37(6,7)46-27(54)36(4,5)45-26(53)24-20-22-25(44)23-21-24/h20-23H,1-19H3,(H,45,53)(H,46,54)(H,47,55)(H,48,56)(H,49,57)(H,50,58)(H,51,59)(H,52,60). The van der Waals surface area contributed by atoms with Gasteiger partial charge in [0, 0.05) is 10.0 Å². The van der Waals surface area contributed by atoms with Crippen molar-refractivity contribution >= 4 is 69.2 Å². The van der Waals surface area contributed by atoms with E-state index in [-0.39, 0.29) is 0 Å². The molecular weight excluding hydrogens is 868 g/mol. The van der Waals surface area contributed by atoms with Gasteiger partial charge in [0.15, 0.2) is 0 Å². The average Bonchev–Trinajstić information content (AvgIpc) is 3.06. The van der Waals surface area contributed by atoms with Crippen LogP contribution in [0.25, 0.3) is 0 Å². The van der Waals surface area contributed by atoms with Gasteiger partial charge in [0.2, 0.25) is 41.4 Å². The number of nitrogens with one attached hydrogen (secondary N) is 8. The number of hydrogen-bond donors (Lipinski definition) is 8. The van der Waals surface area contributed by atoms with Crippen LogP contribution in [0, 0.1) is 0 Å². The van der Waals surface area contributed by atoms with E-state index in [0.717, 1.165) is 4.47 Å². The van der Waals surface area contributed by atoms with E-state index in [0.29, 0.717) is 5.56 Å². The number of benzene rings is 1. The molecule has 0 saturated carbocycles. The van der Waals surface area contributed by atoms with E-state index >= 15 is 0 Å². The topological polar surface area (TPSA) is 259 Å². The average molecular weight is 938 g/mol. The fourth-order valence-electron chi connectivity index (χ4n) is 4.89. The van der Waals surface area contributed by atoms with Gasteiger partial charge in [-0.1, -0.05) is 15.9 Å². The van der Waals surface area contributed by atoms with E-state index < -0.39 is 103 Å². The summed E-state index contributed by atoms with van der Waals surface area (Å²) in [5, 5.41) is 20.8. The molecule has 8 N–H and O–H groups in total. The predicted octanol–water partition coefficient (Wildman–Crippen LogP) is 2.56. The summed E-state index contributed by atoms with van der Waals surface area (Å²) in [6.07, 6.45) is 0. The number of halogens is 1. The van der Waals surface area contributed by atoms with E-state index in [1.165, 1.54) is 111 Å². The number of amides is 8. The molecule has 0 aliphatic carbocycles. The van der Waals surface area contributed by atoms with Crippen LogP contribution in [0.1, 0.15) is 142 Å². The highest BCUT2D eigenvalue weighted by Crippen LogP contribution is 2.19. The van der Waals surface area contributed by atoms with Gasteiger partial charge in [0.1, 0.15) is 49.9 Å². The molecule has 348 valence electrons. The Morgan fingerprint density at radius 2 is 0.565 bits per heavy atom. The highest BCUT2D eigenvalue weighted by atomic mass is 79.9. The van der Waals surface area contributed by atoms with Gasteiger partial charge in [-0.05, 0) is 156 Å². The molecule has 0 bridgehead atoms. The quantitative estimate of drug-likeness (QED) is 0.106. The van der Waals surface area contributed by atoms with E-state index in [2.05, 4.69) is 58.5 Å². The Bertz CT molecular complexity index is 1940. The van der Waals surface area contributed by atoms with Crippen LogP contribution in [-0.4, -0.2) is 103 Å². The van der Waals surface area contributed by atoms with Crippen LogP contribution < -0.4 is 42.5 Å². The number of hydrogen-bond acceptors (Lipinski definition) is 10. The van der Waals surface area contributed by atoms with Gasteiger partial charge in [-0.3, -0.25) is 38.4 Å². The number of esters is 1. The Balaban J connectivity index is 2.97. The molecule has 1 aromatic carbocycles. The molecule has 0 spiro atoms. The molecular formula is C43H69BrN8O10. The minimum Gasteiger partial charge on any atom is -0.458 e. The molecule has 0 aliphatic heterocycles. The lowest BCUT2D eigenvalue weighted by Gasteiger charge is -2.38. The van der Waals surface area contributed by atoms with E-state index in [4.69, 9.17) is 4.74 Å². The SMILES string of the molecule is CC(C)(C)OC(=O)C(C)(C)NC(=O)C(C)(C)NC(=O)C(C)(C)NC(=O)C(C)(C)NC(=O)C(C)(C)NC(=O)C(C)(C)NC(=O)C(C)(C)NC(=O)C(C)(C)NC(=O)c1ccc(Br)cc1. The van der Waals surface area contributed by atoms with Crippen molar-refractivity contribution in [3.8, 4) is 0 Å². The van der Waals surface area contributed by atoms with Gasteiger partial charge in [0.05, 0.1) is 0 Å². The van der Waals surface area contributed by atoms with Crippen LogP contribution in [-0.2, 0) is 43.1 Å². The zero-order chi connectivity index (χ0) is 49.0. The molecule has 0 aliphatic rings. The monoisotopic (exact) mass is 936 g/mol. The molecule has 8 amide bonds. The fourth-order valence-corrected chi connectivity index (χ4v) is 5.16. The van der Waals surface area contributed by atoms with Crippen molar-refractivity contribution in [1.82, 2.24) is 42.5 Å². The van der Waals surface area contributed by atoms with Crippen molar-refractivity contribution in [3.05, 3.63) is 34.3 Å². The van der Waals surface area contributed by atoms with Crippen molar-refractivity contribution in [2.75, 3.05) is 0 Å². The largest absolute Gasteiger partial charge is 0.458 e. The summed E-state index contributed by atoms with van der Waals surface area (Å²) < 4.78 is 6.17. The van der Waals surface area contributed by atoms with Crippen LogP contribution >= 0.6 is 15.9 Å².